The van der Waals surface area contributed by atoms with Gasteiger partial charge in [0.05, 0.1) is 0 Å². The molecule has 0 aliphatic carbocycles. The average Bonchev–Trinajstić information content (AvgIpc) is 2.45. The summed E-state index contributed by atoms with van der Waals surface area (Å²) < 4.78 is 1.06. The molecule has 0 unspecified atom stereocenters. The molecular weight excluding hydrogens is 327 g/mol. The van der Waals surface area contributed by atoms with Gasteiger partial charge in [-0.1, -0.05) is 42.6 Å². The quantitative estimate of drug-likeness (QED) is 0.906. The largest absolute Gasteiger partial charge is 0.860 e. The third-order valence-corrected chi connectivity index (χ3v) is 3.95. The highest BCUT2D eigenvalue weighted by Gasteiger charge is 2.11. The zero-order chi connectivity index (χ0) is 16.3. The van der Waals surface area contributed by atoms with E-state index in [4.69, 9.17) is 23.2 Å². The molecule has 1 aromatic carbocycles. The van der Waals surface area contributed by atoms with Crippen molar-refractivity contribution >= 4 is 23.2 Å². The molecule has 0 saturated heterocycles. The number of aromatic amines is 1. The molecular formula is C15H15Cl2N2O3-. The van der Waals surface area contributed by atoms with Crippen LogP contribution in [0.3, 0.4) is 0 Å². The molecule has 0 bridgehead atoms. The number of nitrogens with one attached hydrogen (secondary N) is 1. The van der Waals surface area contributed by atoms with Gasteiger partial charge in [0.1, 0.15) is 0 Å². The summed E-state index contributed by atoms with van der Waals surface area (Å²) in [5.41, 5.74) is -0.738. The van der Waals surface area contributed by atoms with Gasteiger partial charge in [-0.3, -0.25) is 9.78 Å². The first kappa shape index (κ1) is 16.6. The lowest BCUT2D eigenvalue weighted by Crippen LogP contribution is -2.35. The van der Waals surface area contributed by atoms with E-state index in [1.807, 2.05) is 6.92 Å². The van der Waals surface area contributed by atoms with Crippen molar-refractivity contribution in [2.24, 2.45) is 0 Å². The predicted octanol–water partition coefficient (Wildman–Crippen LogP) is 2.31. The maximum absolute atomic E-state index is 12.4. The van der Waals surface area contributed by atoms with Gasteiger partial charge in [-0.05, 0) is 30.0 Å². The van der Waals surface area contributed by atoms with E-state index in [2.05, 4.69) is 4.98 Å². The lowest BCUT2D eigenvalue weighted by Gasteiger charge is -2.19. The fourth-order valence-corrected chi connectivity index (χ4v) is 2.60. The number of nitrogens with zero attached hydrogens (tertiary/aromatic N) is 1. The number of unbranched alkanes of at least 4 members (excludes halogenated alkanes) is 1. The van der Waals surface area contributed by atoms with Gasteiger partial charge in [0.15, 0.2) is 0 Å². The van der Waals surface area contributed by atoms with Gasteiger partial charge < -0.3 is 9.67 Å². The number of aromatic nitrogens is 2. The first-order chi connectivity index (χ1) is 10.4. The molecule has 1 N–H and O–H groups in total. The Hall–Kier alpha value is -1.72. The topological polar surface area (TPSA) is 77.9 Å². The molecule has 0 aliphatic heterocycles. The monoisotopic (exact) mass is 341 g/mol. The summed E-state index contributed by atoms with van der Waals surface area (Å²) in [4.78, 5) is 25.9. The van der Waals surface area contributed by atoms with E-state index in [0.29, 0.717) is 22.0 Å². The Morgan fingerprint density at radius 1 is 1.27 bits per heavy atom. The van der Waals surface area contributed by atoms with Crippen LogP contribution in [0, 0.1) is 0 Å². The van der Waals surface area contributed by atoms with E-state index in [0.717, 1.165) is 11.0 Å². The smallest absolute Gasteiger partial charge is 0.327 e. The van der Waals surface area contributed by atoms with Crippen LogP contribution in [0.15, 0.2) is 27.8 Å². The molecule has 1 heterocycles. The predicted molar refractivity (Wildman–Crippen MR) is 84.9 cm³/mol. The molecule has 0 saturated carbocycles. The Morgan fingerprint density at radius 2 is 2.00 bits per heavy atom. The molecule has 0 atom stereocenters. The van der Waals surface area contributed by atoms with Crippen molar-refractivity contribution in [1.29, 1.82) is 0 Å². The third-order valence-electron chi connectivity index (χ3n) is 3.36. The van der Waals surface area contributed by atoms with Crippen molar-refractivity contribution in [2.45, 2.75) is 32.7 Å². The van der Waals surface area contributed by atoms with Gasteiger partial charge in [0.2, 0.25) is 0 Å². The van der Waals surface area contributed by atoms with Crippen molar-refractivity contribution in [1.82, 2.24) is 9.55 Å². The van der Waals surface area contributed by atoms with Gasteiger partial charge in [-0.15, -0.1) is 0 Å². The van der Waals surface area contributed by atoms with Gasteiger partial charge >= 0.3 is 5.69 Å². The lowest BCUT2D eigenvalue weighted by atomic mass is 10.1. The zero-order valence-electron chi connectivity index (χ0n) is 12.0. The minimum atomic E-state index is -0.672. The van der Waals surface area contributed by atoms with Crippen molar-refractivity contribution in [3.05, 3.63) is 60.2 Å². The summed E-state index contributed by atoms with van der Waals surface area (Å²) >= 11 is 11.9. The molecule has 0 amide bonds. The maximum atomic E-state index is 12.4. The van der Waals surface area contributed by atoms with Crippen LogP contribution in [-0.2, 0) is 13.0 Å². The van der Waals surface area contributed by atoms with Crippen LogP contribution in [0.25, 0.3) is 0 Å². The molecule has 0 spiro atoms. The van der Waals surface area contributed by atoms with Crippen LogP contribution in [0.2, 0.25) is 10.0 Å². The first-order valence-corrected chi connectivity index (χ1v) is 7.66. The van der Waals surface area contributed by atoms with Crippen LogP contribution in [0.1, 0.15) is 30.9 Å². The molecule has 0 aliphatic rings. The summed E-state index contributed by atoms with van der Waals surface area (Å²) in [7, 11) is 0. The molecule has 1 aromatic heterocycles. The Balaban J connectivity index is 2.46. The number of H-pyrrole nitrogens is 1. The summed E-state index contributed by atoms with van der Waals surface area (Å²) in [5.74, 6) is -0.562. The van der Waals surface area contributed by atoms with Crippen molar-refractivity contribution in [3.8, 4) is 5.88 Å². The lowest BCUT2D eigenvalue weighted by molar-refractivity contribution is -0.281. The van der Waals surface area contributed by atoms with E-state index in [1.54, 1.807) is 18.2 Å². The molecule has 0 radical (unpaired) electrons. The van der Waals surface area contributed by atoms with E-state index in [1.165, 1.54) is 0 Å². The Labute approximate surface area is 137 Å². The van der Waals surface area contributed by atoms with Gasteiger partial charge in [0.25, 0.3) is 5.56 Å². The van der Waals surface area contributed by atoms with Crippen LogP contribution in [0.4, 0.5) is 0 Å². The minimum Gasteiger partial charge on any atom is -0.860 e. The molecule has 5 nitrogen and oxygen atoms in total. The molecule has 2 rings (SSSR count). The van der Waals surface area contributed by atoms with Crippen molar-refractivity contribution in [3.63, 3.8) is 0 Å². The molecule has 118 valence electrons. The number of benzene rings is 1. The second-order valence-electron chi connectivity index (χ2n) is 4.96. The third kappa shape index (κ3) is 3.54. The Morgan fingerprint density at radius 3 is 2.64 bits per heavy atom. The van der Waals surface area contributed by atoms with Crippen LogP contribution < -0.4 is 16.4 Å². The van der Waals surface area contributed by atoms with Gasteiger partial charge in [-0.25, -0.2) is 4.79 Å². The van der Waals surface area contributed by atoms with Gasteiger partial charge in [-0.2, -0.15) is 0 Å². The number of halogens is 2. The van der Waals surface area contributed by atoms with Crippen molar-refractivity contribution < 1.29 is 5.11 Å². The molecule has 2 aromatic rings. The van der Waals surface area contributed by atoms with Crippen LogP contribution in [-0.4, -0.2) is 9.55 Å². The highest BCUT2D eigenvalue weighted by Crippen LogP contribution is 2.24. The second-order valence-corrected chi connectivity index (χ2v) is 5.80. The SMILES string of the molecule is CCCCn1c([O-])c(Cc2ccc(Cl)cc2Cl)c(=O)[nH]c1=O. The minimum absolute atomic E-state index is 0.0000690. The maximum Gasteiger partial charge on any atom is 0.327 e. The Bertz CT molecular complexity index is 796. The number of rotatable bonds is 5. The van der Waals surface area contributed by atoms with Crippen LogP contribution in [0.5, 0.6) is 5.88 Å². The van der Waals surface area contributed by atoms with Crippen molar-refractivity contribution in [2.75, 3.05) is 0 Å². The summed E-state index contributed by atoms with van der Waals surface area (Å²) in [6.45, 7) is 2.24. The molecule has 7 heteroatoms. The average molecular weight is 342 g/mol. The standard InChI is InChI=1S/C15H16Cl2N2O3/c1-2-3-6-19-14(21)11(13(20)18-15(19)22)7-9-4-5-10(16)8-12(9)17/h4-5,8,21H,2-3,6-7H2,1H3,(H,18,20,22)/p-1. The highest BCUT2D eigenvalue weighted by molar-refractivity contribution is 6.35. The fraction of sp³-hybridized carbons (Fsp3) is 0.333. The van der Waals surface area contributed by atoms with Crippen LogP contribution >= 0.6 is 23.2 Å². The first-order valence-electron chi connectivity index (χ1n) is 6.91. The highest BCUT2D eigenvalue weighted by atomic mass is 35.5. The molecule has 0 fully saturated rings. The normalized spacial score (nSPS) is 10.9. The summed E-state index contributed by atoms with van der Waals surface area (Å²) in [5, 5.41) is 13.2. The fourth-order valence-electron chi connectivity index (χ4n) is 2.12. The van der Waals surface area contributed by atoms with E-state index in [9.17, 15) is 14.7 Å². The number of hydrogen-bond acceptors (Lipinski definition) is 3. The van der Waals surface area contributed by atoms with E-state index < -0.39 is 17.1 Å². The summed E-state index contributed by atoms with van der Waals surface area (Å²) in [6.07, 6.45) is 1.57. The Kier molecular flexibility index (Phi) is 5.32. The van der Waals surface area contributed by atoms with Gasteiger partial charge in [0, 0.05) is 28.6 Å². The zero-order valence-corrected chi connectivity index (χ0v) is 13.5. The molecule has 22 heavy (non-hydrogen) atoms. The number of hydrogen-bond donors (Lipinski definition) is 1. The van der Waals surface area contributed by atoms with E-state index >= 15 is 0 Å². The second kappa shape index (κ2) is 7.03. The van der Waals surface area contributed by atoms with E-state index in [-0.39, 0.29) is 18.5 Å². The summed E-state index contributed by atoms with van der Waals surface area (Å²) in [6, 6.07) is 4.84.